The molecule has 0 spiro atoms. The zero-order chi connectivity index (χ0) is 26.4. The van der Waals surface area contributed by atoms with Crippen LogP contribution in [0.2, 0.25) is 0 Å². The third kappa shape index (κ3) is 4.15. The minimum atomic E-state index is -0.379. The van der Waals surface area contributed by atoms with E-state index in [9.17, 15) is 9.59 Å². The summed E-state index contributed by atoms with van der Waals surface area (Å²) in [5.41, 5.74) is 8.15. The predicted molar refractivity (Wildman–Crippen MR) is 151 cm³/mol. The van der Waals surface area contributed by atoms with Crippen LogP contribution in [-0.4, -0.2) is 17.6 Å². The number of carbonyl (C=O) groups is 1. The Morgan fingerprint density at radius 2 is 1.76 bits per heavy atom. The highest BCUT2D eigenvalue weighted by molar-refractivity contribution is 7.07. The number of aryl methyl sites for hydroxylation is 1. The van der Waals surface area contributed by atoms with Crippen LogP contribution in [0.25, 0.3) is 11.8 Å². The number of rotatable bonds is 4. The van der Waals surface area contributed by atoms with Gasteiger partial charge in [0.25, 0.3) is 5.56 Å². The molecule has 0 amide bonds. The van der Waals surface area contributed by atoms with Crippen molar-refractivity contribution in [3.05, 3.63) is 131 Å². The highest BCUT2D eigenvalue weighted by Crippen LogP contribution is 2.41. The molecule has 0 saturated heterocycles. The van der Waals surface area contributed by atoms with Crippen molar-refractivity contribution in [2.45, 2.75) is 38.6 Å². The van der Waals surface area contributed by atoms with E-state index in [-0.39, 0.29) is 17.6 Å². The molecule has 0 radical (unpaired) electrons. The molecule has 0 bridgehead atoms. The van der Waals surface area contributed by atoms with Gasteiger partial charge in [-0.05, 0) is 64.8 Å². The molecule has 5 nitrogen and oxygen atoms in total. The molecule has 0 saturated carbocycles. The van der Waals surface area contributed by atoms with Gasteiger partial charge in [0, 0.05) is 5.56 Å². The van der Waals surface area contributed by atoms with Gasteiger partial charge in [-0.15, -0.1) is 0 Å². The maximum absolute atomic E-state index is 13.9. The van der Waals surface area contributed by atoms with Gasteiger partial charge >= 0.3 is 5.97 Å². The number of ether oxygens (including phenoxy) is 1. The molecule has 2 aliphatic rings. The zero-order valence-corrected chi connectivity index (χ0v) is 22.4. The van der Waals surface area contributed by atoms with Crippen LogP contribution in [-0.2, 0) is 11.2 Å². The summed E-state index contributed by atoms with van der Waals surface area (Å²) >= 11 is 1.43. The lowest BCUT2D eigenvalue weighted by atomic mass is 9.83. The van der Waals surface area contributed by atoms with E-state index in [0.29, 0.717) is 20.8 Å². The predicted octanol–water partition coefficient (Wildman–Crippen LogP) is 5.23. The number of esters is 1. The van der Waals surface area contributed by atoms with Crippen LogP contribution < -0.4 is 14.9 Å². The molecule has 4 aromatic rings. The smallest absolute Gasteiger partial charge is 0.337 e. The number of aromatic nitrogens is 1. The summed E-state index contributed by atoms with van der Waals surface area (Å²) in [6, 6.07) is 23.9. The van der Waals surface area contributed by atoms with Crippen molar-refractivity contribution in [2.24, 2.45) is 4.99 Å². The largest absolute Gasteiger partial charge is 0.465 e. The highest BCUT2D eigenvalue weighted by atomic mass is 32.1. The van der Waals surface area contributed by atoms with E-state index in [1.807, 2.05) is 28.8 Å². The number of thiazole rings is 1. The van der Waals surface area contributed by atoms with E-state index in [2.05, 4.69) is 56.3 Å². The van der Waals surface area contributed by atoms with E-state index in [0.717, 1.165) is 40.8 Å². The monoisotopic (exact) mass is 520 g/mol. The molecule has 0 fully saturated rings. The lowest BCUT2D eigenvalue weighted by molar-refractivity contribution is 0.0600. The van der Waals surface area contributed by atoms with Crippen LogP contribution in [0.5, 0.6) is 0 Å². The van der Waals surface area contributed by atoms with Crippen molar-refractivity contribution in [1.29, 1.82) is 0 Å². The number of benzene rings is 3. The fourth-order valence-electron chi connectivity index (χ4n) is 5.37. The summed E-state index contributed by atoms with van der Waals surface area (Å²) in [5.74, 6) is 0.0737. The number of fused-ring (bicyclic) bond motifs is 3. The molecule has 0 N–H and O–H groups in total. The Hall–Kier alpha value is -4.03. The first-order valence-corrected chi connectivity index (χ1v) is 13.7. The first-order chi connectivity index (χ1) is 18.4. The Kier molecular flexibility index (Phi) is 6.20. The van der Waals surface area contributed by atoms with E-state index in [1.165, 1.54) is 29.6 Å². The normalized spacial score (nSPS) is 16.5. The summed E-state index contributed by atoms with van der Waals surface area (Å²) in [6.07, 6.45) is 3.68. The summed E-state index contributed by atoms with van der Waals surface area (Å²) in [6.45, 7) is 4.34. The lowest BCUT2D eigenvalue weighted by Gasteiger charge is -2.30. The van der Waals surface area contributed by atoms with Crippen LogP contribution in [0, 0.1) is 0 Å². The van der Waals surface area contributed by atoms with Gasteiger partial charge in [-0.3, -0.25) is 9.36 Å². The van der Waals surface area contributed by atoms with Gasteiger partial charge in [0.2, 0.25) is 0 Å². The van der Waals surface area contributed by atoms with Gasteiger partial charge in [0.1, 0.15) is 0 Å². The second-order valence-electron chi connectivity index (χ2n) is 10.0. The molecular formula is C32H28N2O3S. The number of carbonyl (C=O) groups excluding carboxylic acids is 1. The number of methoxy groups -OCH3 is 1. The third-order valence-electron chi connectivity index (χ3n) is 7.42. The molecule has 38 heavy (non-hydrogen) atoms. The van der Waals surface area contributed by atoms with Gasteiger partial charge in [0.15, 0.2) is 4.80 Å². The van der Waals surface area contributed by atoms with E-state index < -0.39 is 0 Å². The molecule has 2 heterocycles. The van der Waals surface area contributed by atoms with Crippen molar-refractivity contribution in [3.63, 3.8) is 0 Å². The lowest BCUT2D eigenvalue weighted by Crippen LogP contribution is -2.38. The van der Waals surface area contributed by atoms with Crippen LogP contribution in [0.4, 0.5) is 0 Å². The SMILES string of the molecule is COC(=O)c1ccc(C2C3=C(N=c4sc(=Cc5ccc(C(C)C)cc5)c(=O)n42)c2ccccc2CC3)cc1. The number of allylic oxidation sites excluding steroid dienone is 1. The molecule has 6 heteroatoms. The minimum Gasteiger partial charge on any atom is -0.465 e. The minimum absolute atomic E-state index is 0.0471. The Morgan fingerprint density at radius 3 is 2.47 bits per heavy atom. The molecule has 3 aromatic carbocycles. The van der Waals surface area contributed by atoms with Crippen molar-refractivity contribution < 1.29 is 9.53 Å². The number of hydrogen-bond donors (Lipinski definition) is 0. The molecule has 1 atom stereocenters. The van der Waals surface area contributed by atoms with Gasteiger partial charge in [-0.1, -0.05) is 85.8 Å². The van der Waals surface area contributed by atoms with Gasteiger partial charge in [0.05, 0.1) is 28.9 Å². The fraction of sp³-hybridized carbons (Fsp3) is 0.219. The molecular weight excluding hydrogens is 492 g/mol. The van der Waals surface area contributed by atoms with Crippen LogP contribution in [0.1, 0.15) is 70.4 Å². The zero-order valence-electron chi connectivity index (χ0n) is 21.6. The van der Waals surface area contributed by atoms with Gasteiger partial charge in [-0.25, -0.2) is 9.79 Å². The Balaban J connectivity index is 1.54. The van der Waals surface area contributed by atoms with Crippen molar-refractivity contribution >= 4 is 29.1 Å². The Labute approximate surface area is 225 Å². The van der Waals surface area contributed by atoms with Crippen LogP contribution in [0.3, 0.4) is 0 Å². The maximum Gasteiger partial charge on any atom is 0.337 e. The Morgan fingerprint density at radius 1 is 1.03 bits per heavy atom. The second kappa shape index (κ2) is 9.69. The van der Waals surface area contributed by atoms with E-state index in [1.54, 1.807) is 12.1 Å². The highest BCUT2D eigenvalue weighted by Gasteiger charge is 2.32. The van der Waals surface area contributed by atoms with Crippen molar-refractivity contribution in [3.8, 4) is 0 Å². The maximum atomic E-state index is 13.9. The average molecular weight is 521 g/mol. The molecule has 1 unspecified atom stereocenters. The first-order valence-electron chi connectivity index (χ1n) is 12.9. The standard InChI is InChI=1S/C32H28N2O3S/c1-19(2)21-10-8-20(9-11-21)18-27-30(35)34-29(23-12-14-24(15-13-23)31(36)37-3)26-17-16-22-6-4-5-7-25(22)28(26)33-32(34)38-27/h4-15,18-19,29H,16-17H2,1-3H3. The number of nitrogens with zero attached hydrogens (tertiary/aromatic N) is 2. The Bertz CT molecular complexity index is 1760. The van der Waals surface area contributed by atoms with Crippen molar-refractivity contribution in [1.82, 2.24) is 4.57 Å². The average Bonchev–Trinajstić information content (AvgIpc) is 3.26. The topological polar surface area (TPSA) is 60.7 Å². The van der Waals surface area contributed by atoms with Crippen molar-refractivity contribution in [2.75, 3.05) is 7.11 Å². The summed E-state index contributed by atoms with van der Waals surface area (Å²) in [7, 11) is 1.38. The molecule has 190 valence electrons. The number of hydrogen-bond acceptors (Lipinski definition) is 5. The van der Waals surface area contributed by atoms with E-state index in [4.69, 9.17) is 9.73 Å². The fourth-order valence-corrected chi connectivity index (χ4v) is 6.37. The molecule has 1 aliphatic carbocycles. The quantitative estimate of drug-likeness (QED) is 0.346. The van der Waals surface area contributed by atoms with Crippen LogP contribution >= 0.6 is 11.3 Å². The third-order valence-corrected chi connectivity index (χ3v) is 8.40. The summed E-state index contributed by atoms with van der Waals surface area (Å²) < 4.78 is 7.37. The summed E-state index contributed by atoms with van der Waals surface area (Å²) in [4.78, 5) is 31.7. The van der Waals surface area contributed by atoms with Gasteiger partial charge in [-0.2, -0.15) is 0 Å². The molecule has 6 rings (SSSR count). The molecule has 1 aliphatic heterocycles. The van der Waals surface area contributed by atoms with E-state index >= 15 is 0 Å². The molecule has 1 aromatic heterocycles. The second-order valence-corrected chi connectivity index (χ2v) is 11.1. The van der Waals surface area contributed by atoms with Gasteiger partial charge < -0.3 is 4.74 Å². The van der Waals surface area contributed by atoms with Crippen LogP contribution in [0.15, 0.2) is 88.2 Å². The first kappa shape index (κ1) is 24.3. The summed E-state index contributed by atoms with van der Waals surface area (Å²) in [5, 5.41) is 0.